The lowest BCUT2D eigenvalue weighted by Crippen LogP contribution is -1.97. The largest absolute Gasteiger partial charge is 0.508 e. The standard InChI is InChI=1S/C6H6O5S.Mg.H2O.2H/c7-4-1-2-5(8)6(3-4)12(9,10)11;;;;/h1-3,7-8H,(H,9,10,11);;1H2;;. The van der Waals surface area contributed by atoms with Crippen LogP contribution in [0.5, 0.6) is 11.5 Å². The Kier molecular flexibility index (Phi) is 6.10. The van der Waals surface area contributed by atoms with Gasteiger partial charge in [-0.2, -0.15) is 8.42 Å². The van der Waals surface area contributed by atoms with Gasteiger partial charge in [-0.25, -0.2) is 0 Å². The molecule has 0 amide bonds. The van der Waals surface area contributed by atoms with E-state index in [0.29, 0.717) is 0 Å². The molecule has 5 N–H and O–H groups in total. The van der Waals surface area contributed by atoms with Crippen LogP contribution < -0.4 is 0 Å². The molecule has 78 valence electrons. The van der Waals surface area contributed by atoms with Crippen LogP contribution in [-0.4, -0.2) is 51.7 Å². The summed E-state index contributed by atoms with van der Waals surface area (Å²) in [6.07, 6.45) is 0. The van der Waals surface area contributed by atoms with Gasteiger partial charge in [0, 0.05) is 6.07 Å². The molecule has 0 atom stereocenters. The summed E-state index contributed by atoms with van der Waals surface area (Å²) in [5.41, 5.74) is 0. The Morgan fingerprint density at radius 2 is 1.64 bits per heavy atom. The lowest BCUT2D eigenvalue weighted by Gasteiger charge is -2.00. The van der Waals surface area contributed by atoms with Crippen molar-refractivity contribution >= 4 is 33.2 Å². The van der Waals surface area contributed by atoms with E-state index in [9.17, 15) is 8.42 Å². The number of aromatic hydroxyl groups is 2. The second-order valence-electron chi connectivity index (χ2n) is 2.13. The number of phenolic OH excluding ortho intramolecular Hbond substituents is 2. The number of benzene rings is 1. The summed E-state index contributed by atoms with van der Waals surface area (Å²) in [4.78, 5) is -0.706. The van der Waals surface area contributed by atoms with Crippen molar-refractivity contribution in [3.63, 3.8) is 0 Å². The van der Waals surface area contributed by atoms with Crippen LogP contribution in [0.1, 0.15) is 0 Å². The van der Waals surface area contributed by atoms with Crippen molar-refractivity contribution in [3.05, 3.63) is 18.2 Å². The summed E-state index contributed by atoms with van der Waals surface area (Å²) >= 11 is 0. The topological polar surface area (TPSA) is 126 Å². The second-order valence-corrected chi connectivity index (χ2v) is 3.52. The molecular formula is C6H10MgO6S. The van der Waals surface area contributed by atoms with Crippen molar-refractivity contribution in [2.75, 3.05) is 0 Å². The van der Waals surface area contributed by atoms with Crippen molar-refractivity contribution in [3.8, 4) is 11.5 Å². The number of phenols is 2. The maximum atomic E-state index is 10.5. The third-order valence-corrected chi connectivity index (χ3v) is 2.10. The minimum absolute atomic E-state index is 0. The molecule has 0 aliphatic rings. The normalized spacial score (nSPS) is 9.79. The van der Waals surface area contributed by atoms with Gasteiger partial charge in [0.2, 0.25) is 0 Å². The lowest BCUT2D eigenvalue weighted by molar-refractivity contribution is 0.433. The van der Waals surface area contributed by atoms with E-state index in [1.807, 2.05) is 0 Å². The summed E-state index contributed by atoms with van der Waals surface area (Å²) in [6.45, 7) is 0. The molecule has 8 heteroatoms. The maximum absolute atomic E-state index is 10.5. The minimum atomic E-state index is -4.47. The lowest BCUT2D eigenvalue weighted by atomic mass is 10.3. The van der Waals surface area contributed by atoms with Crippen LogP contribution in [0.3, 0.4) is 0 Å². The quantitative estimate of drug-likeness (QED) is 0.313. The van der Waals surface area contributed by atoms with Gasteiger partial charge in [0.15, 0.2) is 0 Å². The van der Waals surface area contributed by atoms with Gasteiger partial charge in [-0.15, -0.1) is 0 Å². The Labute approximate surface area is 96.4 Å². The van der Waals surface area contributed by atoms with E-state index in [1.165, 1.54) is 0 Å². The molecule has 0 spiro atoms. The van der Waals surface area contributed by atoms with Gasteiger partial charge in [-0.1, -0.05) is 0 Å². The second kappa shape index (κ2) is 5.36. The van der Waals surface area contributed by atoms with E-state index in [0.717, 1.165) is 18.2 Å². The van der Waals surface area contributed by atoms with Crippen LogP contribution >= 0.6 is 0 Å². The minimum Gasteiger partial charge on any atom is -0.508 e. The Hall–Kier alpha value is -0.544. The highest BCUT2D eigenvalue weighted by Crippen LogP contribution is 2.25. The summed E-state index contributed by atoms with van der Waals surface area (Å²) in [5.74, 6) is -0.948. The number of rotatable bonds is 1. The highest BCUT2D eigenvalue weighted by atomic mass is 32.2. The van der Waals surface area contributed by atoms with Crippen molar-refractivity contribution < 1.29 is 28.7 Å². The Morgan fingerprint density at radius 1 is 1.14 bits per heavy atom. The van der Waals surface area contributed by atoms with E-state index < -0.39 is 20.8 Å². The predicted octanol–water partition coefficient (Wildman–Crippen LogP) is -1.40. The first kappa shape index (κ1) is 15.9. The van der Waals surface area contributed by atoms with Crippen LogP contribution in [-0.2, 0) is 10.1 Å². The summed E-state index contributed by atoms with van der Waals surface area (Å²) in [7, 11) is -4.47. The molecule has 0 bridgehead atoms. The summed E-state index contributed by atoms with van der Waals surface area (Å²) in [6, 6.07) is 2.83. The molecule has 1 aromatic rings. The third kappa shape index (κ3) is 3.68. The molecule has 0 radical (unpaired) electrons. The van der Waals surface area contributed by atoms with E-state index in [1.54, 1.807) is 0 Å². The van der Waals surface area contributed by atoms with Gasteiger partial charge in [0.05, 0.1) is 0 Å². The van der Waals surface area contributed by atoms with Gasteiger partial charge < -0.3 is 15.7 Å². The fraction of sp³-hybridized carbons (Fsp3) is 0. The van der Waals surface area contributed by atoms with Crippen LogP contribution in [0, 0.1) is 0 Å². The van der Waals surface area contributed by atoms with Crippen LogP contribution in [0.25, 0.3) is 0 Å². The molecule has 0 aromatic heterocycles. The van der Waals surface area contributed by atoms with Crippen molar-refractivity contribution in [1.82, 2.24) is 0 Å². The molecule has 0 saturated carbocycles. The third-order valence-electron chi connectivity index (χ3n) is 1.22. The molecule has 0 fully saturated rings. The van der Waals surface area contributed by atoms with Gasteiger partial charge >= 0.3 is 23.1 Å². The predicted molar refractivity (Wildman–Crippen MR) is 51.7 cm³/mol. The average Bonchev–Trinajstić information content (AvgIpc) is 1.92. The molecule has 0 aliphatic carbocycles. The highest BCUT2D eigenvalue weighted by Gasteiger charge is 2.15. The first-order chi connectivity index (χ1) is 5.41. The fourth-order valence-electron chi connectivity index (χ4n) is 0.709. The fourth-order valence-corrected chi connectivity index (χ4v) is 1.31. The van der Waals surface area contributed by atoms with E-state index in [4.69, 9.17) is 14.8 Å². The van der Waals surface area contributed by atoms with Gasteiger partial charge in [-0.3, -0.25) is 4.55 Å². The van der Waals surface area contributed by atoms with Gasteiger partial charge in [-0.05, 0) is 12.1 Å². The average molecular weight is 235 g/mol. The summed E-state index contributed by atoms with van der Waals surface area (Å²) in [5, 5.41) is 17.7. The SMILES string of the molecule is O.O=S(=O)(O)c1cc(O)ccc1O.[MgH2]. The molecular weight excluding hydrogens is 224 g/mol. The Morgan fingerprint density at radius 3 is 2.00 bits per heavy atom. The van der Waals surface area contributed by atoms with Gasteiger partial charge in [0.1, 0.15) is 16.4 Å². The van der Waals surface area contributed by atoms with Crippen molar-refractivity contribution in [2.45, 2.75) is 4.90 Å². The molecule has 14 heavy (non-hydrogen) atoms. The van der Waals surface area contributed by atoms with Crippen LogP contribution in [0.15, 0.2) is 23.1 Å². The van der Waals surface area contributed by atoms with Crippen LogP contribution in [0.4, 0.5) is 0 Å². The van der Waals surface area contributed by atoms with E-state index in [2.05, 4.69) is 0 Å². The molecule has 0 unspecified atom stereocenters. The maximum Gasteiger partial charge on any atom is 0.316 e. The zero-order chi connectivity index (χ0) is 9.35. The highest BCUT2D eigenvalue weighted by molar-refractivity contribution is 7.86. The van der Waals surface area contributed by atoms with E-state index in [-0.39, 0.29) is 34.3 Å². The number of hydrogen-bond donors (Lipinski definition) is 3. The molecule has 1 rings (SSSR count). The summed E-state index contributed by atoms with van der Waals surface area (Å²) < 4.78 is 29.5. The zero-order valence-corrected chi connectivity index (χ0v) is 7.11. The monoisotopic (exact) mass is 234 g/mol. The molecule has 0 heterocycles. The Balaban J connectivity index is 0. The van der Waals surface area contributed by atoms with Crippen molar-refractivity contribution in [2.24, 2.45) is 0 Å². The van der Waals surface area contributed by atoms with E-state index >= 15 is 0 Å². The first-order valence-corrected chi connectivity index (χ1v) is 4.35. The van der Waals surface area contributed by atoms with Crippen molar-refractivity contribution in [1.29, 1.82) is 0 Å². The molecule has 0 aliphatic heterocycles. The van der Waals surface area contributed by atoms with Crippen LogP contribution in [0.2, 0.25) is 0 Å². The molecule has 0 saturated heterocycles. The molecule has 1 aromatic carbocycles. The zero-order valence-electron chi connectivity index (χ0n) is 6.30. The first-order valence-electron chi connectivity index (χ1n) is 2.91. The molecule has 6 nitrogen and oxygen atoms in total. The van der Waals surface area contributed by atoms with Gasteiger partial charge in [0.25, 0.3) is 10.1 Å². The smallest absolute Gasteiger partial charge is 0.316 e. The number of hydrogen-bond acceptors (Lipinski definition) is 4. The Bertz CT molecular complexity index is 401.